The van der Waals surface area contributed by atoms with Crippen molar-refractivity contribution in [1.82, 2.24) is 29.9 Å². The molecule has 1 amide bonds. The summed E-state index contributed by atoms with van der Waals surface area (Å²) in [5, 5.41) is 13.2. The Hall–Kier alpha value is -4.20. The maximum absolute atomic E-state index is 13.4. The van der Waals surface area contributed by atoms with E-state index < -0.39 is 0 Å². The molecule has 0 radical (unpaired) electrons. The lowest BCUT2D eigenvalue weighted by atomic mass is 10.1. The molecule has 0 aliphatic heterocycles. The van der Waals surface area contributed by atoms with Crippen LogP contribution in [-0.4, -0.2) is 35.8 Å². The molecular formula is C24H19FN6O. The number of tetrazole rings is 1. The molecule has 0 saturated heterocycles. The fourth-order valence-corrected chi connectivity index (χ4v) is 3.89. The van der Waals surface area contributed by atoms with E-state index in [2.05, 4.69) is 20.5 Å². The minimum atomic E-state index is -0.387. The number of hydrogen-bond acceptors (Lipinski definition) is 5. The predicted octanol–water partition coefficient (Wildman–Crippen LogP) is 3.96. The molecule has 158 valence electrons. The van der Waals surface area contributed by atoms with Gasteiger partial charge in [-0.15, -0.1) is 5.10 Å². The Morgan fingerprint density at radius 3 is 2.69 bits per heavy atom. The number of pyridine rings is 2. The molecule has 5 rings (SSSR count). The number of carbonyl (C=O) groups is 1. The molecule has 0 bridgehead atoms. The molecule has 0 unspecified atom stereocenters. The summed E-state index contributed by atoms with van der Waals surface area (Å²) in [5.74, 6) is -0.606. The van der Waals surface area contributed by atoms with Crippen molar-refractivity contribution in [3.63, 3.8) is 0 Å². The average Bonchev–Trinajstić information content (AvgIpc) is 3.30. The first kappa shape index (κ1) is 19.7. The van der Waals surface area contributed by atoms with E-state index in [1.807, 2.05) is 43.3 Å². The quantitative estimate of drug-likeness (QED) is 0.425. The molecule has 3 aromatic heterocycles. The molecule has 0 N–H and O–H groups in total. The van der Waals surface area contributed by atoms with Gasteiger partial charge in [0.1, 0.15) is 5.82 Å². The van der Waals surface area contributed by atoms with Crippen LogP contribution in [0.15, 0.2) is 73.1 Å². The molecule has 5 aromatic rings. The average molecular weight is 426 g/mol. The molecule has 0 aliphatic rings. The Labute approximate surface area is 183 Å². The summed E-state index contributed by atoms with van der Waals surface area (Å²) < 4.78 is 15.1. The van der Waals surface area contributed by atoms with Crippen LogP contribution in [-0.2, 0) is 13.1 Å². The first-order valence-electron chi connectivity index (χ1n) is 10.1. The van der Waals surface area contributed by atoms with Gasteiger partial charge in [0.2, 0.25) is 0 Å². The Morgan fingerprint density at radius 2 is 1.91 bits per heavy atom. The van der Waals surface area contributed by atoms with E-state index in [0.29, 0.717) is 17.8 Å². The predicted molar refractivity (Wildman–Crippen MR) is 117 cm³/mol. The summed E-state index contributed by atoms with van der Waals surface area (Å²) in [6.45, 7) is 2.62. The van der Waals surface area contributed by atoms with E-state index in [4.69, 9.17) is 0 Å². The maximum Gasteiger partial charge on any atom is 0.254 e. The van der Waals surface area contributed by atoms with Gasteiger partial charge in [-0.25, -0.2) is 4.39 Å². The van der Waals surface area contributed by atoms with Gasteiger partial charge in [-0.2, -0.15) is 4.52 Å². The van der Waals surface area contributed by atoms with Crippen molar-refractivity contribution in [3.8, 4) is 0 Å². The lowest BCUT2D eigenvalue weighted by molar-refractivity contribution is 0.0730. The lowest BCUT2D eigenvalue weighted by Crippen LogP contribution is -2.30. The molecule has 7 nitrogen and oxygen atoms in total. The number of nitrogens with zero attached hydrogens (tertiary/aromatic N) is 6. The lowest BCUT2D eigenvalue weighted by Gasteiger charge is -2.23. The topological polar surface area (TPSA) is 76.3 Å². The Kier molecular flexibility index (Phi) is 5.03. The van der Waals surface area contributed by atoms with Crippen LogP contribution in [0.25, 0.3) is 16.6 Å². The normalized spacial score (nSPS) is 11.2. The van der Waals surface area contributed by atoms with Crippen LogP contribution in [0.5, 0.6) is 0 Å². The van der Waals surface area contributed by atoms with E-state index in [9.17, 15) is 9.18 Å². The van der Waals surface area contributed by atoms with Crippen LogP contribution in [0, 0.1) is 12.7 Å². The number of rotatable bonds is 5. The second-order valence-electron chi connectivity index (χ2n) is 7.63. The highest BCUT2D eigenvalue weighted by Gasteiger charge is 2.20. The van der Waals surface area contributed by atoms with E-state index in [0.717, 1.165) is 27.6 Å². The van der Waals surface area contributed by atoms with Gasteiger partial charge in [0.25, 0.3) is 5.91 Å². The number of para-hydroxylation sites is 1. The first-order valence-corrected chi connectivity index (χ1v) is 10.1. The van der Waals surface area contributed by atoms with Crippen molar-refractivity contribution in [1.29, 1.82) is 0 Å². The van der Waals surface area contributed by atoms with Crippen LogP contribution < -0.4 is 0 Å². The zero-order valence-electron chi connectivity index (χ0n) is 17.3. The van der Waals surface area contributed by atoms with Crippen LogP contribution in [0.1, 0.15) is 27.0 Å². The number of carbonyl (C=O) groups excluding carboxylic acids is 1. The van der Waals surface area contributed by atoms with Gasteiger partial charge in [-0.3, -0.25) is 9.78 Å². The number of aryl methyl sites for hydroxylation is 1. The molecule has 0 fully saturated rings. The van der Waals surface area contributed by atoms with Crippen LogP contribution >= 0.6 is 0 Å². The fraction of sp³-hybridized carbons (Fsp3) is 0.125. The van der Waals surface area contributed by atoms with Crippen molar-refractivity contribution < 1.29 is 9.18 Å². The van der Waals surface area contributed by atoms with Gasteiger partial charge in [0, 0.05) is 35.5 Å². The number of fused-ring (bicyclic) bond motifs is 3. The molecule has 32 heavy (non-hydrogen) atoms. The van der Waals surface area contributed by atoms with Crippen LogP contribution in [0.2, 0.25) is 0 Å². The zero-order valence-corrected chi connectivity index (χ0v) is 17.3. The summed E-state index contributed by atoms with van der Waals surface area (Å²) in [4.78, 5) is 19.2. The van der Waals surface area contributed by atoms with Crippen molar-refractivity contribution in [2.24, 2.45) is 0 Å². The fourth-order valence-electron chi connectivity index (χ4n) is 3.89. The summed E-state index contributed by atoms with van der Waals surface area (Å²) in [6, 6.07) is 17.3. The van der Waals surface area contributed by atoms with Gasteiger partial charge < -0.3 is 4.90 Å². The maximum atomic E-state index is 13.4. The number of amides is 1. The van der Waals surface area contributed by atoms with Gasteiger partial charge in [0.15, 0.2) is 5.65 Å². The highest BCUT2D eigenvalue weighted by molar-refractivity contribution is 5.94. The Bertz CT molecular complexity index is 1420. The third kappa shape index (κ3) is 3.66. The van der Waals surface area contributed by atoms with Crippen molar-refractivity contribution in [2.45, 2.75) is 20.0 Å². The molecule has 2 aromatic carbocycles. The SMILES string of the molecule is Cc1cccc2cc(CN(Cc3cccnc3)C(=O)c3ccc(F)cc3)c3nnnn3c12. The highest BCUT2D eigenvalue weighted by Crippen LogP contribution is 2.24. The van der Waals surface area contributed by atoms with Gasteiger partial charge in [-0.05, 0) is 64.9 Å². The number of aromatic nitrogens is 5. The van der Waals surface area contributed by atoms with Crippen molar-refractivity contribution >= 4 is 22.5 Å². The highest BCUT2D eigenvalue weighted by atomic mass is 19.1. The summed E-state index contributed by atoms with van der Waals surface area (Å²) in [6.07, 6.45) is 3.41. The standard InChI is InChI=1S/C24H19FN6O/c1-16-4-2-6-19-12-20(23-27-28-29-31(23)22(16)19)15-30(14-17-5-3-11-26-13-17)24(32)18-7-9-21(25)10-8-18/h2-13H,14-15H2,1H3. The number of hydrogen-bond donors (Lipinski definition) is 0. The third-order valence-electron chi connectivity index (χ3n) is 5.40. The summed E-state index contributed by atoms with van der Waals surface area (Å²) >= 11 is 0. The van der Waals surface area contributed by atoms with Gasteiger partial charge in [-0.1, -0.05) is 24.3 Å². The smallest absolute Gasteiger partial charge is 0.254 e. The van der Waals surface area contributed by atoms with E-state index in [1.54, 1.807) is 21.8 Å². The van der Waals surface area contributed by atoms with Gasteiger partial charge in [0.05, 0.1) is 12.1 Å². The van der Waals surface area contributed by atoms with Crippen molar-refractivity contribution in [2.75, 3.05) is 0 Å². The molecule has 0 aliphatic carbocycles. The van der Waals surface area contributed by atoms with Crippen LogP contribution in [0.3, 0.4) is 0 Å². The zero-order chi connectivity index (χ0) is 22.1. The second-order valence-corrected chi connectivity index (χ2v) is 7.63. The van der Waals surface area contributed by atoms with E-state index >= 15 is 0 Å². The molecule has 3 heterocycles. The Morgan fingerprint density at radius 1 is 1.06 bits per heavy atom. The summed E-state index contributed by atoms with van der Waals surface area (Å²) in [7, 11) is 0. The Balaban J connectivity index is 1.59. The largest absolute Gasteiger partial charge is 0.330 e. The minimum Gasteiger partial charge on any atom is -0.330 e. The third-order valence-corrected chi connectivity index (χ3v) is 5.40. The molecule has 0 saturated carbocycles. The number of halogens is 1. The van der Waals surface area contributed by atoms with Crippen molar-refractivity contribution in [3.05, 3.63) is 101 Å². The minimum absolute atomic E-state index is 0.219. The van der Waals surface area contributed by atoms with E-state index in [1.165, 1.54) is 24.3 Å². The van der Waals surface area contributed by atoms with Gasteiger partial charge >= 0.3 is 0 Å². The van der Waals surface area contributed by atoms with Crippen LogP contribution in [0.4, 0.5) is 4.39 Å². The van der Waals surface area contributed by atoms with E-state index in [-0.39, 0.29) is 18.3 Å². The molecule has 8 heteroatoms. The molecule has 0 atom stereocenters. The first-order chi connectivity index (χ1) is 15.6. The number of benzene rings is 2. The second kappa shape index (κ2) is 8.14. The molecule has 0 spiro atoms. The monoisotopic (exact) mass is 426 g/mol. The summed E-state index contributed by atoms with van der Waals surface area (Å²) in [5.41, 5.74) is 4.68. The molecular weight excluding hydrogens is 407 g/mol.